The Kier molecular flexibility index (Phi) is 11.1. The van der Waals surface area contributed by atoms with Crippen LogP contribution in [0.4, 0.5) is 0 Å². The van der Waals surface area contributed by atoms with Crippen molar-refractivity contribution >= 4 is 35.0 Å². The lowest BCUT2D eigenvalue weighted by atomic mass is 10.0. The molecule has 0 unspecified atom stereocenters. The van der Waals surface area contributed by atoms with E-state index in [1.54, 1.807) is 36.4 Å². The summed E-state index contributed by atoms with van der Waals surface area (Å²) in [4.78, 5) is 28.6. The van der Waals surface area contributed by atoms with Crippen molar-refractivity contribution in [1.29, 1.82) is 0 Å². The Morgan fingerprint density at radius 2 is 1.58 bits per heavy atom. The van der Waals surface area contributed by atoms with Crippen molar-refractivity contribution < 1.29 is 23.8 Å². The summed E-state index contributed by atoms with van der Waals surface area (Å²) in [7, 11) is 3.06. The van der Waals surface area contributed by atoms with Gasteiger partial charge in [0.1, 0.15) is 23.3 Å². The molecule has 0 aliphatic heterocycles. The van der Waals surface area contributed by atoms with Gasteiger partial charge in [-0.1, -0.05) is 66.5 Å². The molecule has 1 N–H and O–H groups in total. The lowest BCUT2D eigenvalue weighted by Crippen LogP contribution is -2.51. The molecule has 9 heteroatoms. The van der Waals surface area contributed by atoms with Gasteiger partial charge < -0.3 is 24.4 Å². The molecular formula is C29H32Cl2N2O5. The van der Waals surface area contributed by atoms with E-state index in [4.69, 9.17) is 37.4 Å². The first-order valence-corrected chi connectivity index (χ1v) is 13.0. The van der Waals surface area contributed by atoms with Gasteiger partial charge in [-0.2, -0.15) is 0 Å². The summed E-state index contributed by atoms with van der Waals surface area (Å²) in [6, 6.07) is 18.9. The summed E-state index contributed by atoms with van der Waals surface area (Å²) >= 11 is 12.6. The Hall–Kier alpha value is -3.42. The van der Waals surface area contributed by atoms with Crippen LogP contribution in [0.5, 0.6) is 17.2 Å². The highest BCUT2D eigenvalue weighted by molar-refractivity contribution is 6.35. The molecule has 2 amide bonds. The van der Waals surface area contributed by atoms with E-state index in [1.165, 1.54) is 19.1 Å². The van der Waals surface area contributed by atoms with Gasteiger partial charge in [0.2, 0.25) is 5.91 Å². The zero-order valence-corrected chi connectivity index (χ0v) is 23.2. The monoisotopic (exact) mass is 558 g/mol. The highest BCUT2D eigenvalue weighted by Gasteiger charge is 2.31. The second-order valence-corrected chi connectivity index (χ2v) is 9.43. The van der Waals surface area contributed by atoms with Crippen LogP contribution >= 0.6 is 23.2 Å². The lowest BCUT2D eigenvalue weighted by Gasteiger charge is -2.31. The van der Waals surface area contributed by atoms with E-state index in [2.05, 4.69) is 5.32 Å². The fraction of sp³-hybridized carbons (Fsp3) is 0.310. The third-order valence-corrected chi connectivity index (χ3v) is 6.45. The molecule has 0 saturated heterocycles. The van der Waals surface area contributed by atoms with E-state index in [-0.39, 0.29) is 25.0 Å². The Morgan fingerprint density at radius 3 is 2.18 bits per heavy atom. The second kappa shape index (κ2) is 14.5. The second-order valence-electron chi connectivity index (χ2n) is 8.59. The zero-order valence-electron chi connectivity index (χ0n) is 21.7. The van der Waals surface area contributed by atoms with Crippen LogP contribution < -0.4 is 19.5 Å². The van der Waals surface area contributed by atoms with Crippen LogP contribution in [0.3, 0.4) is 0 Å². The summed E-state index contributed by atoms with van der Waals surface area (Å²) in [6.45, 7) is 2.25. The number of halogens is 2. The van der Waals surface area contributed by atoms with Gasteiger partial charge in [0.05, 0.1) is 14.2 Å². The minimum atomic E-state index is -0.799. The van der Waals surface area contributed by atoms with E-state index in [9.17, 15) is 9.59 Å². The van der Waals surface area contributed by atoms with Crippen LogP contribution in [-0.2, 0) is 22.6 Å². The van der Waals surface area contributed by atoms with Gasteiger partial charge in [-0.05, 0) is 29.7 Å². The van der Waals surface area contributed by atoms with Crippen LogP contribution in [0.15, 0.2) is 66.7 Å². The third-order valence-electron chi connectivity index (χ3n) is 5.86. The number of ether oxygens (including phenoxy) is 3. The Morgan fingerprint density at radius 1 is 0.921 bits per heavy atom. The molecule has 3 rings (SSSR count). The molecule has 0 saturated carbocycles. The molecule has 0 aliphatic rings. The minimum absolute atomic E-state index is 0.0939. The standard InChI is InChI=1S/C29H32Cl2N2O5/c1-4-12-32-29(35)27(13-20-8-6-5-7-9-20)33(18-21-10-11-22(30)14-26(21)31)28(34)19-38-25-16-23(36-2)15-24(17-25)37-3/h5-11,14-17,27H,4,12-13,18-19H2,1-3H3,(H,32,35)/t27-/m1/s1. The van der Waals surface area contributed by atoms with Crippen LogP contribution in [0.2, 0.25) is 10.0 Å². The summed E-state index contributed by atoms with van der Waals surface area (Å²) in [5.41, 5.74) is 1.58. The molecular weight excluding hydrogens is 527 g/mol. The van der Waals surface area contributed by atoms with Crippen molar-refractivity contribution in [3.63, 3.8) is 0 Å². The van der Waals surface area contributed by atoms with Crippen LogP contribution in [0, 0.1) is 0 Å². The van der Waals surface area contributed by atoms with Crippen molar-refractivity contribution in [3.8, 4) is 17.2 Å². The molecule has 0 fully saturated rings. The molecule has 3 aromatic rings. The SMILES string of the molecule is CCCNC(=O)[C@@H](Cc1ccccc1)N(Cc1ccc(Cl)cc1Cl)C(=O)COc1cc(OC)cc(OC)c1. The predicted octanol–water partition coefficient (Wildman–Crippen LogP) is 5.56. The molecule has 7 nitrogen and oxygen atoms in total. The van der Waals surface area contributed by atoms with Crippen molar-refractivity contribution in [1.82, 2.24) is 10.2 Å². The maximum absolute atomic E-state index is 13.7. The molecule has 0 heterocycles. The van der Waals surface area contributed by atoms with Crippen molar-refractivity contribution in [3.05, 3.63) is 87.9 Å². The van der Waals surface area contributed by atoms with Crippen LogP contribution in [-0.4, -0.2) is 50.1 Å². The number of carbonyl (C=O) groups excluding carboxylic acids is 2. The number of carbonyl (C=O) groups is 2. The molecule has 1 atom stereocenters. The first kappa shape index (κ1) is 29.1. The number of nitrogens with one attached hydrogen (secondary N) is 1. The smallest absolute Gasteiger partial charge is 0.261 e. The van der Waals surface area contributed by atoms with Gasteiger partial charge in [-0.3, -0.25) is 9.59 Å². The normalized spacial score (nSPS) is 11.4. The largest absolute Gasteiger partial charge is 0.496 e. The van der Waals surface area contributed by atoms with E-state index in [1.807, 2.05) is 37.3 Å². The average molecular weight is 559 g/mol. The van der Waals surface area contributed by atoms with Gasteiger partial charge in [-0.15, -0.1) is 0 Å². The number of nitrogens with zero attached hydrogens (tertiary/aromatic N) is 1. The fourth-order valence-electron chi connectivity index (χ4n) is 3.85. The molecule has 0 spiro atoms. The average Bonchev–Trinajstić information content (AvgIpc) is 2.93. The lowest BCUT2D eigenvalue weighted by molar-refractivity contribution is -0.142. The number of hydrogen-bond acceptors (Lipinski definition) is 5. The fourth-order valence-corrected chi connectivity index (χ4v) is 4.31. The van der Waals surface area contributed by atoms with Crippen LogP contribution in [0.25, 0.3) is 0 Å². The van der Waals surface area contributed by atoms with E-state index < -0.39 is 6.04 Å². The van der Waals surface area contributed by atoms with E-state index >= 15 is 0 Å². The number of hydrogen-bond donors (Lipinski definition) is 1. The number of rotatable bonds is 13. The highest BCUT2D eigenvalue weighted by atomic mass is 35.5. The molecule has 0 aromatic heterocycles. The highest BCUT2D eigenvalue weighted by Crippen LogP contribution is 2.28. The summed E-state index contributed by atoms with van der Waals surface area (Å²) in [5.74, 6) is 0.812. The quantitative estimate of drug-likeness (QED) is 0.297. The molecule has 0 bridgehead atoms. The van der Waals surface area contributed by atoms with Crippen LogP contribution in [0.1, 0.15) is 24.5 Å². The Balaban J connectivity index is 1.93. The van der Waals surface area contributed by atoms with Gasteiger partial charge in [-0.25, -0.2) is 0 Å². The van der Waals surface area contributed by atoms with Crippen molar-refractivity contribution in [2.24, 2.45) is 0 Å². The Labute approximate surface area is 233 Å². The minimum Gasteiger partial charge on any atom is -0.496 e. The molecule has 38 heavy (non-hydrogen) atoms. The third kappa shape index (κ3) is 8.30. The molecule has 3 aromatic carbocycles. The maximum atomic E-state index is 13.7. The van der Waals surface area contributed by atoms with Crippen molar-refractivity contribution in [2.45, 2.75) is 32.4 Å². The zero-order chi connectivity index (χ0) is 27.5. The van der Waals surface area contributed by atoms with E-state index in [0.717, 1.165) is 12.0 Å². The topological polar surface area (TPSA) is 77.1 Å². The van der Waals surface area contributed by atoms with E-state index in [0.29, 0.717) is 45.8 Å². The molecule has 0 aliphatic carbocycles. The predicted molar refractivity (Wildman–Crippen MR) is 149 cm³/mol. The van der Waals surface area contributed by atoms with Crippen molar-refractivity contribution in [2.75, 3.05) is 27.4 Å². The summed E-state index contributed by atoms with van der Waals surface area (Å²) in [6.07, 6.45) is 1.09. The number of methoxy groups -OCH3 is 2. The Bertz CT molecular complexity index is 1200. The van der Waals surface area contributed by atoms with Gasteiger partial charge in [0, 0.05) is 47.8 Å². The van der Waals surface area contributed by atoms with Gasteiger partial charge >= 0.3 is 0 Å². The number of amides is 2. The molecule has 0 radical (unpaired) electrons. The first-order valence-electron chi connectivity index (χ1n) is 12.3. The maximum Gasteiger partial charge on any atom is 0.261 e. The summed E-state index contributed by atoms with van der Waals surface area (Å²) < 4.78 is 16.4. The van der Waals surface area contributed by atoms with Gasteiger partial charge in [0.15, 0.2) is 6.61 Å². The van der Waals surface area contributed by atoms with Gasteiger partial charge in [0.25, 0.3) is 5.91 Å². The number of benzene rings is 3. The summed E-state index contributed by atoms with van der Waals surface area (Å²) in [5, 5.41) is 3.82. The first-order chi connectivity index (χ1) is 18.3. The molecule has 202 valence electrons.